The van der Waals surface area contributed by atoms with Crippen molar-refractivity contribution in [1.29, 1.82) is 0 Å². The average molecular weight is 355 g/mol. The van der Waals surface area contributed by atoms with Gasteiger partial charge in [0.15, 0.2) is 0 Å². The summed E-state index contributed by atoms with van der Waals surface area (Å²) in [7, 11) is 0. The minimum atomic E-state index is 0.348. The third kappa shape index (κ3) is 3.02. The SMILES string of the molecule is CC(c1nc2ccccc2n1Cc1ccc2ccccc2c1)N1CCCC1. The van der Waals surface area contributed by atoms with E-state index in [1.54, 1.807) is 0 Å². The summed E-state index contributed by atoms with van der Waals surface area (Å²) in [6.07, 6.45) is 2.60. The van der Waals surface area contributed by atoms with Gasteiger partial charge in [0.25, 0.3) is 0 Å². The molecule has 4 aromatic rings. The third-order valence-electron chi connectivity index (χ3n) is 5.90. The maximum absolute atomic E-state index is 5.04. The highest BCUT2D eigenvalue weighted by atomic mass is 15.2. The lowest BCUT2D eigenvalue weighted by Crippen LogP contribution is -2.26. The van der Waals surface area contributed by atoms with Gasteiger partial charge in [-0.25, -0.2) is 4.98 Å². The van der Waals surface area contributed by atoms with Gasteiger partial charge in [-0.2, -0.15) is 0 Å². The highest BCUT2D eigenvalue weighted by Crippen LogP contribution is 2.28. The Morgan fingerprint density at radius 2 is 1.63 bits per heavy atom. The summed E-state index contributed by atoms with van der Waals surface area (Å²) in [6, 6.07) is 24.2. The zero-order chi connectivity index (χ0) is 18.2. The lowest BCUT2D eigenvalue weighted by atomic mass is 10.1. The Bertz CT molecular complexity index is 1090. The van der Waals surface area contributed by atoms with Crippen LogP contribution in [0.5, 0.6) is 0 Å². The first kappa shape index (κ1) is 16.5. The topological polar surface area (TPSA) is 21.1 Å². The molecule has 0 aliphatic carbocycles. The van der Waals surface area contributed by atoms with Gasteiger partial charge < -0.3 is 4.57 Å². The normalized spacial score (nSPS) is 16.3. The van der Waals surface area contributed by atoms with Crippen LogP contribution >= 0.6 is 0 Å². The number of benzene rings is 3. The van der Waals surface area contributed by atoms with Crippen LogP contribution in [0.1, 0.15) is 37.2 Å². The Kier molecular flexibility index (Phi) is 4.17. The molecule has 3 nitrogen and oxygen atoms in total. The average Bonchev–Trinajstić information content (AvgIpc) is 3.36. The molecule has 3 heteroatoms. The number of fused-ring (bicyclic) bond motifs is 2. The zero-order valence-corrected chi connectivity index (χ0v) is 15.8. The van der Waals surface area contributed by atoms with Crippen LogP contribution in [0.2, 0.25) is 0 Å². The van der Waals surface area contributed by atoms with Gasteiger partial charge in [-0.15, -0.1) is 0 Å². The molecule has 1 aliphatic heterocycles. The largest absolute Gasteiger partial charge is 0.322 e. The summed E-state index contributed by atoms with van der Waals surface area (Å²) < 4.78 is 2.42. The number of para-hydroxylation sites is 2. The van der Waals surface area contributed by atoms with Crippen LogP contribution < -0.4 is 0 Å². The molecule has 2 heterocycles. The number of rotatable bonds is 4. The van der Waals surface area contributed by atoms with E-state index in [2.05, 4.69) is 83.1 Å². The first-order chi connectivity index (χ1) is 13.3. The summed E-state index contributed by atoms with van der Waals surface area (Å²) >= 11 is 0. The second kappa shape index (κ2) is 6.82. The van der Waals surface area contributed by atoms with E-state index >= 15 is 0 Å². The molecule has 27 heavy (non-hydrogen) atoms. The van der Waals surface area contributed by atoms with Crippen molar-refractivity contribution < 1.29 is 0 Å². The standard InChI is InChI=1S/C24H25N3/c1-18(26-14-6-7-15-26)24-25-22-10-4-5-11-23(22)27(24)17-19-12-13-20-8-2-3-9-21(20)16-19/h2-5,8-13,16,18H,6-7,14-15,17H2,1H3. The lowest BCUT2D eigenvalue weighted by Gasteiger charge is -2.24. The molecule has 1 atom stereocenters. The number of aromatic nitrogens is 2. The Labute approximate surface area is 160 Å². The number of likely N-dealkylation sites (tertiary alicyclic amines) is 1. The van der Waals surface area contributed by atoms with Gasteiger partial charge in [0.1, 0.15) is 5.82 Å². The van der Waals surface area contributed by atoms with E-state index in [0.29, 0.717) is 6.04 Å². The molecule has 0 saturated carbocycles. The Morgan fingerprint density at radius 1 is 0.889 bits per heavy atom. The molecule has 0 N–H and O–H groups in total. The van der Waals surface area contributed by atoms with E-state index in [1.165, 1.54) is 53.6 Å². The highest BCUT2D eigenvalue weighted by Gasteiger charge is 2.24. The van der Waals surface area contributed by atoms with Gasteiger partial charge in [-0.05, 0) is 67.4 Å². The van der Waals surface area contributed by atoms with Crippen LogP contribution in [0.25, 0.3) is 21.8 Å². The van der Waals surface area contributed by atoms with Crippen molar-refractivity contribution in [2.24, 2.45) is 0 Å². The van der Waals surface area contributed by atoms with E-state index in [0.717, 1.165) is 12.1 Å². The van der Waals surface area contributed by atoms with Crippen molar-refractivity contribution in [3.05, 3.63) is 78.1 Å². The van der Waals surface area contributed by atoms with E-state index in [-0.39, 0.29) is 0 Å². The highest BCUT2D eigenvalue weighted by molar-refractivity contribution is 5.83. The molecule has 0 amide bonds. The summed E-state index contributed by atoms with van der Waals surface area (Å²) in [4.78, 5) is 7.60. The van der Waals surface area contributed by atoms with E-state index in [1.807, 2.05) is 0 Å². The van der Waals surface area contributed by atoms with Crippen molar-refractivity contribution in [2.75, 3.05) is 13.1 Å². The monoisotopic (exact) mass is 355 g/mol. The molecule has 1 fully saturated rings. The number of hydrogen-bond donors (Lipinski definition) is 0. The summed E-state index contributed by atoms with van der Waals surface area (Å²) in [5, 5.41) is 2.59. The van der Waals surface area contributed by atoms with Crippen molar-refractivity contribution in [2.45, 2.75) is 32.4 Å². The van der Waals surface area contributed by atoms with Crippen LogP contribution in [0.4, 0.5) is 0 Å². The van der Waals surface area contributed by atoms with Gasteiger partial charge in [0.05, 0.1) is 17.1 Å². The Morgan fingerprint density at radius 3 is 2.48 bits per heavy atom. The van der Waals surface area contributed by atoms with Gasteiger partial charge in [0.2, 0.25) is 0 Å². The summed E-state index contributed by atoms with van der Waals surface area (Å²) in [5.74, 6) is 1.19. The minimum absolute atomic E-state index is 0.348. The number of imidazole rings is 1. The fourth-order valence-electron chi connectivity index (χ4n) is 4.39. The van der Waals surface area contributed by atoms with Crippen LogP contribution in [-0.4, -0.2) is 27.5 Å². The van der Waals surface area contributed by atoms with Gasteiger partial charge in [0, 0.05) is 6.54 Å². The minimum Gasteiger partial charge on any atom is -0.322 e. The van der Waals surface area contributed by atoms with Gasteiger partial charge in [-0.1, -0.05) is 48.5 Å². The summed E-state index contributed by atoms with van der Waals surface area (Å²) in [6.45, 7) is 5.53. The van der Waals surface area contributed by atoms with Crippen molar-refractivity contribution in [3.63, 3.8) is 0 Å². The van der Waals surface area contributed by atoms with Crippen molar-refractivity contribution in [1.82, 2.24) is 14.5 Å². The van der Waals surface area contributed by atoms with Crippen molar-refractivity contribution in [3.8, 4) is 0 Å². The second-order valence-corrected chi connectivity index (χ2v) is 7.65. The van der Waals surface area contributed by atoms with Crippen LogP contribution in [-0.2, 0) is 6.54 Å². The van der Waals surface area contributed by atoms with Crippen molar-refractivity contribution >= 4 is 21.8 Å². The molecule has 1 aromatic heterocycles. The fraction of sp³-hybridized carbons (Fsp3) is 0.292. The number of nitrogens with zero attached hydrogens (tertiary/aromatic N) is 3. The molecule has 1 unspecified atom stereocenters. The Hall–Kier alpha value is -2.65. The molecule has 136 valence electrons. The lowest BCUT2D eigenvalue weighted by molar-refractivity contribution is 0.249. The maximum atomic E-state index is 5.04. The number of hydrogen-bond acceptors (Lipinski definition) is 2. The van der Waals surface area contributed by atoms with Gasteiger partial charge in [-0.3, -0.25) is 4.90 Å². The quantitative estimate of drug-likeness (QED) is 0.489. The smallest absolute Gasteiger partial charge is 0.127 e. The van der Waals surface area contributed by atoms with Crippen LogP contribution in [0.3, 0.4) is 0 Å². The zero-order valence-electron chi connectivity index (χ0n) is 15.8. The summed E-state index contributed by atoms with van der Waals surface area (Å²) in [5.41, 5.74) is 3.65. The fourth-order valence-corrected chi connectivity index (χ4v) is 4.39. The molecule has 0 radical (unpaired) electrons. The van der Waals surface area contributed by atoms with Crippen LogP contribution in [0, 0.1) is 0 Å². The maximum Gasteiger partial charge on any atom is 0.127 e. The predicted octanol–water partition coefficient (Wildman–Crippen LogP) is 5.39. The molecular weight excluding hydrogens is 330 g/mol. The Balaban J connectivity index is 1.58. The molecule has 1 aliphatic rings. The van der Waals surface area contributed by atoms with Gasteiger partial charge >= 0.3 is 0 Å². The first-order valence-electron chi connectivity index (χ1n) is 9.96. The second-order valence-electron chi connectivity index (χ2n) is 7.65. The predicted molar refractivity (Wildman–Crippen MR) is 112 cm³/mol. The van der Waals surface area contributed by atoms with Crippen LogP contribution in [0.15, 0.2) is 66.7 Å². The molecule has 0 bridgehead atoms. The van der Waals surface area contributed by atoms with E-state index < -0.39 is 0 Å². The first-order valence-corrected chi connectivity index (χ1v) is 9.96. The third-order valence-corrected chi connectivity index (χ3v) is 5.90. The van der Waals surface area contributed by atoms with E-state index in [9.17, 15) is 0 Å². The molecule has 5 rings (SSSR count). The molecule has 1 saturated heterocycles. The van der Waals surface area contributed by atoms with E-state index in [4.69, 9.17) is 4.98 Å². The molecule has 3 aromatic carbocycles. The molecular formula is C24H25N3. The molecule has 0 spiro atoms.